The SMILES string of the molecule is CCCC1NC(=O)C(CCC)N(Cc2ccc(Br)s2)C1=O. The van der Waals surface area contributed by atoms with E-state index in [1.165, 1.54) is 0 Å². The monoisotopic (exact) mass is 372 g/mol. The predicted octanol–water partition coefficient (Wildman–Crippen LogP) is 3.31. The highest BCUT2D eigenvalue weighted by molar-refractivity contribution is 9.11. The van der Waals surface area contributed by atoms with Crippen molar-refractivity contribution in [1.29, 1.82) is 0 Å². The van der Waals surface area contributed by atoms with Crippen molar-refractivity contribution in [2.24, 2.45) is 0 Å². The van der Waals surface area contributed by atoms with Crippen molar-refractivity contribution >= 4 is 39.1 Å². The van der Waals surface area contributed by atoms with Crippen molar-refractivity contribution < 1.29 is 9.59 Å². The molecule has 1 aromatic heterocycles. The van der Waals surface area contributed by atoms with Gasteiger partial charge in [0.15, 0.2) is 0 Å². The number of amides is 2. The number of halogens is 1. The van der Waals surface area contributed by atoms with E-state index in [0.717, 1.165) is 21.5 Å². The number of carbonyl (C=O) groups excluding carboxylic acids is 2. The third-order valence-electron chi connectivity index (χ3n) is 3.67. The molecule has 0 spiro atoms. The number of hydrogen-bond acceptors (Lipinski definition) is 3. The van der Waals surface area contributed by atoms with Crippen LogP contribution < -0.4 is 5.32 Å². The van der Waals surface area contributed by atoms with E-state index < -0.39 is 0 Å². The maximum Gasteiger partial charge on any atom is 0.246 e. The molecule has 1 aromatic rings. The molecular formula is C15H21BrN2O2S. The molecular weight excluding hydrogens is 352 g/mol. The third-order valence-corrected chi connectivity index (χ3v) is 5.28. The number of hydrogen-bond donors (Lipinski definition) is 1. The molecule has 0 saturated carbocycles. The zero-order chi connectivity index (χ0) is 15.4. The van der Waals surface area contributed by atoms with E-state index in [1.807, 2.05) is 26.0 Å². The van der Waals surface area contributed by atoms with Crippen molar-refractivity contribution in [3.63, 3.8) is 0 Å². The van der Waals surface area contributed by atoms with E-state index in [9.17, 15) is 9.59 Å². The Morgan fingerprint density at radius 3 is 2.52 bits per heavy atom. The van der Waals surface area contributed by atoms with E-state index >= 15 is 0 Å². The van der Waals surface area contributed by atoms with Gasteiger partial charge in [-0.2, -0.15) is 0 Å². The fourth-order valence-electron chi connectivity index (χ4n) is 2.66. The van der Waals surface area contributed by atoms with Crippen LogP contribution in [0.15, 0.2) is 15.9 Å². The molecule has 2 rings (SSSR count). The van der Waals surface area contributed by atoms with Crippen molar-refractivity contribution in [3.8, 4) is 0 Å². The molecule has 2 unspecified atom stereocenters. The molecule has 2 amide bonds. The van der Waals surface area contributed by atoms with Gasteiger partial charge in [-0.15, -0.1) is 11.3 Å². The summed E-state index contributed by atoms with van der Waals surface area (Å²) in [4.78, 5) is 27.8. The van der Waals surface area contributed by atoms with Gasteiger partial charge in [0.05, 0.1) is 10.3 Å². The van der Waals surface area contributed by atoms with Crippen LogP contribution in [0.4, 0.5) is 0 Å². The van der Waals surface area contributed by atoms with E-state index in [-0.39, 0.29) is 23.9 Å². The van der Waals surface area contributed by atoms with E-state index in [0.29, 0.717) is 19.4 Å². The first-order valence-electron chi connectivity index (χ1n) is 7.41. The number of piperazine rings is 1. The Hall–Kier alpha value is -0.880. The molecule has 4 nitrogen and oxygen atoms in total. The van der Waals surface area contributed by atoms with Crippen LogP contribution >= 0.6 is 27.3 Å². The largest absolute Gasteiger partial charge is 0.343 e. The number of carbonyl (C=O) groups is 2. The number of rotatable bonds is 6. The van der Waals surface area contributed by atoms with Gasteiger partial charge >= 0.3 is 0 Å². The van der Waals surface area contributed by atoms with Crippen LogP contribution in [0.2, 0.25) is 0 Å². The summed E-state index contributed by atoms with van der Waals surface area (Å²) in [6.07, 6.45) is 3.18. The maximum atomic E-state index is 12.7. The average Bonchev–Trinajstić information content (AvgIpc) is 2.85. The molecule has 21 heavy (non-hydrogen) atoms. The Morgan fingerprint density at radius 2 is 1.95 bits per heavy atom. The van der Waals surface area contributed by atoms with Crippen LogP contribution in [0.25, 0.3) is 0 Å². The summed E-state index contributed by atoms with van der Waals surface area (Å²) in [7, 11) is 0. The van der Waals surface area contributed by atoms with Crippen LogP contribution in [-0.4, -0.2) is 28.8 Å². The minimum absolute atomic E-state index is 0.00878. The molecule has 0 aromatic carbocycles. The molecule has 6 heteroatoms. The second kappa shape index (κ2) is 7.40. The Labute approximate surface area is 138 Å². The normalized spacial score (nSPS) is 22.5. The lowest BCUT2D eigenvalue weighted by Crippen LogP contribution is -2.62. The van der Waals surface area contributed by atoms with Crippen molar-refractivity contribution in [2.45, 2.75) is 58.2 Å². The van der Waals surface area contributed by atoms with Gasteiger partial charge in [0, 0.05) is 4.88 Å². The van der Waals surface area contributed by atoms with Crippen molar-refractivity contribution in [1.82, 2.24) is 10.2 Å². The minimum atomic E-state index is -0.362. The Bertz CT molecular complexity index is 518. The quantitative estimate of drug-likeness (QED) is 0.832. The van der Waals surface area contributed by atoms with Gasteiger partial charge in [0.1, 0.15) is 12.1 Å². The molecule has 1 aliphatic rings. The van der Waals surface area contributed by atoms with Crippen LogP contribution in [-0.2, 0) is 16.1 Å². The zero-order valence-corrected chi connectivity index (χ0v) is 14.8. The highest BCUT2D eigenvalue weighted by Crippen LogP contribution is 2.26. The summed E-state index contributed by atoms with van der Waals surface area (Å²) >= 11 is 5.05. The molecule has 2 atom stereocenters. The fourth-order valence-corrected chi connectivity index (χ4v) is 4.14. The van der Waals surface area contributed by atoms with Gasteiger partial charge in [-0.05, 0) is 40.9 Å². The molecule has 1 fully saturated rings. The summed E-state index contributed by atoms with van der Waals surface area (Å²) in [6, 6.07) is 3.29. The molecule has 1 saturated heterocycles. The first-order valence-corrected chi connectivity index (χ1v) is 9.02. The van der Waals surface area contributed by atoms with Gasteiger partial charge in [-0.3, -0.25) is 9.59 Å². The number of nitrogens with one attached hydrogen (secondary N) is 1. The number of nitrogens with zero attached hydrogens (tertiary/aromatic N) is 1. The highest BCUT2D eigenvalue weighted by atomic mass is 79.9. The van der Waals surface area contributed by atoms with Gasteiger partial charge < -0.3 is 10.2 Å². The second-order valence-electron chi connectivity index (χ2n) is 5.33. The molecule has 0 radical (unpaired) electrons. The Kier molecular flexibility index (Phi) is 5.81. The molecule has 1 aliphatic heterocycles. The number of thiophene rings is 1. The second-order valence-corrected chi connectivity index (χ2v) is 7.87. The Balaban J connectivity index is 2.20. The standard InChI is InChI=1S/C15H21BrN2O2S/c1-3-5-11-15(20)18(9-10-7-8-13(16)21-10)12(6-4-2)14(19)17-11/h7-8,11-12H,3-6,9H2,1-2H3,(H,17,19). The molecule has 0 aliphatic carbocycles. The van der Waals surface area contributed by atoms with Gasteiger partial charge in [-0.1, -0.05) is 26.7 Å². The summed E-state index contributed by atoms with van der Waals surface area (Å²) in [5, 5.41) is 2.89. The first-order chi connectivity index (χ1) is 10.1. The van der Waals surface area contributed by atoms with E-state index in [1.54, 1.807) is 16.2 Å². The zero-order valence-electron chi connectivity index (χ0n) is 12.4. The highest BCUT2D eigenvalue weighted by Gasteiger charge is 2.39. The van der Waals surface area contributed by atoms with Gasteiger partial charge in [-0.25, -0.2) is 0 Å². The van der Waals surface area contributed by atoms with Crippen LogP contribution in [0.3, 0.4) is 0 Å². The molecule has 0 bridgehead atoms. The lowest BCUT2D eigenvalue weighted by atomic mass is 10.0. The summed E-state index contributed by atoms with van der Waals surface area (Å²) in [6.45, 7) is 4.58. The molecule has 116 valence electrons. The predicted molar refractivity (Wildman–Crippen MR) is 88.1 cm³/mol. The van der Waals surface area contributed by atoms with Crippen LogP contribution in [0, 0.1) is 0 Å². The van der Waals surface area contributed by atoms with Crippen LogP contribution in [0.5, 0.6) is 0 Å². The smallest absolute Gasteiger partial charge is 0.246 e. The average molecular weight is 373 g/mol. The topological polar surface area (TPSA) is 49.4 Å². The van der Waals surface area contributed by atoms with E-state index in [2.05, 4.69) is 21.2 Å². The summed E-state index contributed by atoms with van der Waals surface area (Å²) < 4.78 is 1.04. The van der Waals surface area contributed by atoms with E-state index in [4.69, 9.17) is 0 Å². The Morgan fingerprint density at radius 1 is 1.24 bits per heavy atom. The van der Waals surface area contributed by atoms with Crippen molar-refractivity contribution in [2.75, 3.05) is 0 Å². The summed E-state index contributed by atoms with van der Waals surface area (Å²) in [5.41, 5.74) is 0. The lowest BCUT2D eigenvalue weighted by Gasteiger charge is -2.38. The molecule has 2 heterocycles. The summed E-state index contributed by atoms with van der Waals surface area (Å²) in [5.74, 6) is 0.0462. The minimum Gasteiger partial charge on any atom is -0.343 e. The first kappa shape index (κ1) is 16.5. The third kappa shape index (κ3) is 3.86. The van der Waals surface area contributed by atoms with Crippen molar-refractivity contribution in [3.05, 3.63) is 20.8 Å². The van der Waals surface area contributed by atoms with Gasteiger partial charge in [0.2, 0.25) is 11.8 Å². The maximum absolute atomic E-state index is 12.7. The van der Waals surface area contributed by atoms with Crippen LogP contribution in [0.1, 0.15) is 44.4 Å². The fraction of sp³-hybridized carbons (Fsp3) is 0.600. The lowest BCUT2D eigenvalue weighted by molar-refractivity contribution is -0.150. The van der Waals surface area contributed by atoms with Gasteiger partial charge in [0.25, 0.3) is 0 Å². The molecule has 1 N–H and O–H groups in total.